The van der Waals surface area contributed by atoms with E-state index in [9.17, 15) is 0 Å². The van der Waals surface area contributed by atoms with Gasteiger partial charge in [-0.25, -0.2) is 0 Å². The van der Waals surface area contributed by atoms with E-state index < -0.39 is 0 Å². The van der Waals surface area contributed by atoms with Crippen LogP contribution in [0.25, 0.3) is 11.6 Å². The van der Waals surface area contributed by atoms with Crippen LogP contribution in [0, 0.1) is 0 Å². The molecule has 2 aromatic heterocycles. The van der Waals surface area contributed by atoms with Crippen molar-refractivity contribution in [2.24, 2.45) is 10.7 Å². The fourth-order valence-electron chi connectivity index (χ4n) is 1.54. The highest BCUT2D eigenvalue weighted by molar-refractivity contribution is 5.77. The van der Waals surface area contributed by atoms with Gasteiger partial charge >= 0.3 is 0 Å². The number of nitrogens with two attached hydrogens (primary N) is 1. The van der Waals surface area contributed by atoms with Gasteiger partial charge in [0.05, 0.1) is 0 Å². The van der Waals surface area contributed by atoms with Crippen LogP contribution in [0.2, 0.25) is 0 Å². The van der Waals surface area contributed by atoms with E-state index in [0.717, 1.165) is 13.0 Å². The lowest BCUT2D eigenvalue weighted by Crippen LogP contribution is -2.33. The number of aliphatic imine (C=N–C) groups is 1. The molecule has 0 unspecified atom stereocenters. The fourth-order valence-corrected chi connectivity index (χ4v) is 1.54. The highest BCUT2D eigenvalue weighted by Crippen LogP contribution is 2.12. The van der Waals surface area contributed by atoms with Gasteiger partial charge in [0.25, 0.3) is 5.89 Å². The van der Waals surface area contributed by atoms with E-state index in [-0.39, 0.29) is 0 Å². The largest absolute Gasteiger partial charge is 0.370 e. The van der Waals surface area contributed by atoms with E-state index in [4.69, 9.17) is 10.3 Å². The van der Waals surface area contributed by atoms with E-state index in [1.165, 1.54) is 0 Å². The van der Waals surface area contributed by atoms with Crippen LogP contribution in [0.1, 0.15) is 19.2 Å². The van der Waals surface area contributed by atoms with Crippen LogP contribution in [-0.2, 0) is 6.42 Å². The second-order valence-electron chi connectivity index (χ2n) is 4.17. The van der Waals surface area contributed by atoms with Crippen molar-refractivity contribution in [3.8, 4) is 11.6 Å². The molecule has 0 aromatic carbocycles. The van der Waals surface area contributed by atoms with Crippen molar-refractivity contribution in [3.63, 3.8) is 0 Å². The Morgan fingerprint density at radius 1 is 1.45 bits per heavy atom. The molecule has 20 heavy (non-hydrogen) atoms. The Morgan fingerprint density at radius 2 is 2.35 bits per heavy atom. The SMILES string of the molecule is CCCN=C(N)NCCc1noc(-c2ccccn2)n1. The van der Waals surface area contributed by atoms with Gasteiger partial charge in [0.1, 0.15) is 5.69 Å². The predicted octanol–water partition coefficient (Wildman–Crippen LogP) is 0.988. The first-order valence-electron chi connectivity index (χ1n) is 6.57. The van der Waals surface area contributed by atoms with Crippen molar-refractivity contribution in [2.75, 3.05) is 13.1 Å². The fraction of sp³-hybridized carbons (Fsp3) is 0.385. The number of nitrogens with one attached hydrogen (secondary N) is 1. The number of aromatic nitrogens is 3. The summed E-state index contributed by atoms with van der Waals surface area (Å²) in [4.78, 5) is 12.6. The maximum Gasteiger partial charge on any atom is 0.276 e. The van der Waals surface area contributed by atoms with Gasteiger partial charge < -0.3 is 15.6 Å². The molecule has 0 amide bonds. The molecule has 0 radical (unpaired) electrons. The van der Waals surface area contributed by atoms with Crippen LogP contribution in [-0.4, -0.2) is 34.2 Å². The first-order chi connectivity index (χ1) is 9.79. The van der Waals surface area contributed by atoms with Gasteiger partial charge in [0, 0.05) is 25.7 Å². The van der Waals surface area contributed by atoms with Crippen molar-refractivity contribution in [1.82, 2.24) is 20.4 Å². The molecular formula is C13H18N6O. The molecule has 0 saturated heterocycles. The molecule has 0 aliphatic carbocycles. The topological polar surface area (TPSA) is 102 Å². The molecule has 0 saturated carbocycles. The molecule has 0 bridgehead atoms. The summed E-state index contributed by atoms with van der Waals surface area (Å²) in [5.74, 6) is 1.48. The minimum Gasteiger partial charge on any atom is -0.370 e. The van der Waals surface area contributed by atoms with Crippen LogP contribution in [0.4, 0.5) is 0 Å². The molecule has 106 valence electrons. The lowest BCUT2D eigenvalue weighted by molar-refractivity contribution is 0.421. The number of guanidine groups is 1. The molecular weight excluding hydrogens is 256 g/mol. The molecule has 0 fully saturated rings. The molecule has 7 heteroatoms. The lowest BCUT2D eigenvalue weighted by Gasteiger charge is -2.02. The lowest BCUT2D eigenvalue weighted by atomic mass is 10.3. The number of nitrogens with zero attached hydrogens (tertiary/aromatic N) is 4. The number of rotatable bonds is 6. The van der Waals surface area contributed by atoms with Crippen LogP contribution >= 0.6 is 0 Å². The van der Waals surface area contributed by atoms with Gasteiger partial charge in [0.15, 0.2) is 11.8 Å². The molecule has 2 heterocycles. The predicted molar refractivity (Wildman–Crippen MR) is 76.0 cm³/mol. The Morgan fingerprint density at radius 3 is 3.10 bits per heavy atom. The second kappa shape index (κ2) is 7.22. The van der Waals surface area contributed by atoms with E-state index in [1.807, 2.05) is 18.2 Å². The van der Waals surface area contributed by atoms with Crippen LogP contribution in [0.5, 0.6) is 0 Å². The molecule has 0 atom stereocenters. The minimum absolute atomic E-state index is 0.424. The average molecular weight is 274 g/mol. The van der Waals surface area contributed by atoms with Gasteiger partial charge in [-0.2, -0.15) is 4.98 Å². The molecule has 3 N–H and O–H groups in total. The number of hydrogen-bond donors (Lipinski definition) is 2. The smallest absolute Gasteiger partial charge is 0.276 e. The summed E-state index contributed by atoms with van der Waals surface area (Å²) in [5.41, 5.74) is 6.35. The van der Waals surface area contributed by atoms with Gasteiger partial charge in [-0.15, -0.1) is 0 Å². The standard InChI is InChI=1S/C13H18N6O/c1-2-7-16-13(14)17-9-6-11-18-12(20-19-11)10-5-3-4-8-15-10/h3-5,8H,2,6-7,9H2,1H3,(H3,14,16,17). The van der Waals surface area contributed by atoms with Gasteiger partial charge in [0.2, 0.25) is 0 Å². The summed E-state index contributed by atoms with van der Waals surface area (Å²) in [6.07, 6.45) is 3.27. The zero-order valence-corrected chi connectivity index (χ0v) is 11.4. The summed E-state index contributed by atoms with van der Waals surface area (Å²) in [6, 6.07) is 5.53. The van der Waals surface area contributed by atoms with Crippen molar-refractivity contribution >= 4 is 5.96 Å². The van der Waals surface area contributed by atoms with Gasteiger partial charge in [-0.1, -0.05) is 18.1 Å². The highest BCUT2D eigenvalue weighted by atomic mass is 16.5. The van der Waals surface area contributed by atoms with Crippen LogP contribution < -0.4 is 11.1 Å². The maximum atomic E-state index is 5.68. The average Bonchev–Trinajstić information content (AvgIpc) is 2.95. The Balaban J connectivity index is 1.85. The van der Waals surface area contributed by atoms with Crippen LogP contribution in [0.15, 0.2) is 33.9 Å². The third kappa shape index (κ3) is 4.04. The number of hydrogen-bond acceptors (Lipinski definition) is 5. The van der Waals surface area contributed by atoms with Gasteiger partial charge in [-0.05, 0) is 18.6 Å². The van der Waals surface area contributed by atoms with Gasteiger partial charge in [-0.3, -0.25) is 9.98 Å². The Labute approximate surface area is 117 Å². The normalized spacial score (nSPS) is 11.6. The van der Waals surface area contributed by atoms with E-state index in [1.54, 1.807) is 6.20 Å². The number of pyridine rings is 1. The van der Waals surface area contributed by atoms with Crippen molar-refractivity contribution in [1.29, 1.82) is 0 Å². The first-order valence-corrected chi connectivity index (χ1v) is 6.57. The van der Waals surface area contributed by atoms with Crippen molar-refractivity contribution in [3.05, 3.63) is 30.2 Å². The van der Waals surface area contributed by atoms with E-state index in [2.05, 4.69) is 32.4 Å². The van der Waals surface area contributed by atoms with E-state index in [0.29, 0.717) is 36.3 Å². The molecule has 7 nitrogen and oxygen atoms in total. The highest BCUT2D eigenvalue weighted by Gasteiger charge is 2.08. The van der Waals surface area contributed by atoms with Crippen molar-refractivity contribution < 1.29 is 4.52 Å². The molecule has 0 spiro atoms. The minimum atomic E-state index is 0.424. The third-order valence-corrected chi connectivity index (χ3v) is 2.51. The summed E-state index contributed by atoms with van der Waals surface area (Å²) in [6.45, 7) is 3.39. The Kier molecular flexibility index (Phi) is 5.05. The Hall–Kier alpha value is -2.44. The first kappa shape index (κ1) is 14.0. The zero-order chi connectivity index (χ0) is 14.2. The zero-order valence-electron chi connectivity index (χ0n) is 11.4. The molecule has 0 aliphatic heterocycles. The Bertz CT molecular complexity index is 551. The monoisotopic (exact) mass is 274 g/mol. The second-order valence-corrected chi connectivity index (χ2v) is 4.17. The summed E-state index contributed by atoms with van der Waals surface area (Å²) >= 11 is 0. The van der Waals surface area contributed by atoms with E-state index >= 15 is 0 Å². The molecule has 2 aromatic rings. The third-order valence-electron chi connectivity index (χ3n) is 2.51. The maximum absolute atomic E-state index is 5.68. The van der Waals surface area contributed by atoms with Crippen LogP contribution in [0.3, 0.4) is 0 Å². The molecule has 0 aliphatic rings. The quantitative estimate of drug-likeness (QED) is 0.601. The molecule has 2 rings (SSSR count). The van der Waals surface area contributed by atoms with Crippen molar-refractivity contribution in [2.45, 2.75) is 19.8 Å². The summed E-state index contributed by atoms with van der Waals surface area (Å²) in [5, 5.41) is 6.91. The summed E-state index contributed by atoms with van der Waals surface area (Å²) < 4.78 is 5.16. The summed E-state index contributed by atoms with van der Waals surface area (Å²) in [7, 11) is 0.